The van der Waals surface area contributed by atoms with E-state index < -0.39 is 23.7 Å². The molecule has 10 N–H and O–H groups in total. The van der Waals surface area contributed by atoms with Gasteiger partial charge in [0.05, 0.1) is 17.6 Å². The van der Waals surface area contributed by atoms with Crippen LogP contribution in [0, 0.1) is 0 Å². The Balaban J connectivity index is 1.69. The van der Waals surface area contributed by atoms with E-state index in [4.69, 9.17) is 17.2 Å². The van der Waals surface area contributed by atoms with E-state index in [-0.39, 0.29) is 42.1 Å². The fourth-order valence-electron chi connectivity index (χ4n) is 5.73. The Kier molecular flexibility index (Phi) is 12.1. The van der Waals surface area contributed by atoms with Gasteiger partial charge in [-0.3, -0.25) is 29.1 Å². The van der Waals surface area contributed by atoms with Crippen molar-refractivity contribution in [1.29, 1.82) is 0 Å². The average molecular weight is 564 g/mol. The number of nitrogens with zero attached hydrogens (tertiary/aromatic N) is 2. The zero-order chi connectivity index (χ0) is 29.1. The van der Waals surface area contributed by atoms with Crippen LogP contribution in [0.4, 0.5) is 0 Å². The summed E-state index contributed by atoms with van der Waals surface area (Å²) < 4.78 is 0. The van der Waals surface area contributed by atoms with Crippen LogP contribution in [0.5, 0.6) is 0 Å². The first-order valence-corrected chi connectivity index (χ1v) is 14.9. The lowest BCUT2D eigenvalue weighted by Crippen LogP contribution is -2.70. The molecular weight excluding hydrogens is 514 g/mol. The van der Waals surface area contributed by atoms with Gasteiger partial charge in [-0.15, -0.1) is 0 Å². The molecule has 3 rings (SSSR count). The maximum Gasteiger partial charge on any atom is 0.243 e. The number of guanidine groups is 1. The molecule has 0 unspecified atom stereocenters. The quantitative estimate of drug-likeness (QED) is 0.0629. The summed E-state index contributed by atoms with van der Waals surface area (Å²) in [6.07, 6.45) is 8.53. The van der Waals surface area contributed by atoms with Crippen molar-refractivity contribution in [3.05, 3.63) is 0 Å². The van der Waals surface area contributed by atoms with Crippen molar-refractivity contribution >= 4 is 29.5 Å². The second kappa shape index (κ2) is 15.3. The van der Waals surface area contributed by atoms with E-state index in [2.05, 4.69) is 33.2 Å². The third-order valence-corrected chi connectivity index (χ3v) is 8.15. The van der Waals surface area contributed by atoms with Gasteiger partial charge in [0.25, 0.3) is 0 Å². The predicted molar refractivity (Wildman–Crippen MR) is 153 cm³/mol. The number of unbranched alkanes of at least 4 members (excludes halogenated alkanes) is 4. The Hall–Kier alpha value is -2.77. The Labute approximate surface area is 237 Å². The number of carbonyl (C=O) groups excluding carboxylic acids is 4. The summed E-state index contributed by atoms with van der Waals surface area (Å²) in [7, 11) is 0. The molecule has 13 heteroatoms. The van der Waals surface area contributed by atoms with Crippen LogP contribution in [0.25, 0.3) is 0 Å². The molecule has 1 saturated carbocycles. The van der Waals surface area contributed by atoms with Gasteiger partial charge in [0.2, 0.25) is 17.7 Å². The van der Waals surface area contributed by atoms with Crippen molar-refractivity contribution in [2.24, 2.45) is 22.2 Å². The van der Waals surface area contributed by atoms with Crippen LogP contribution in [0.15, 0.2) is 4.99 Å². The predicted octanol–water partition coefficient (Wildman–Crippen LogP) is -1.41. The number of nitrogens with one attached hydrogen (secondary N) is 4. The lowest BCUT2D eigenvalue weighted by atomic mass is 9.92. The van der Waals surface area contributed by atoms with Gasteiger partial charge in [-0.25, -0.2) is 0 Å². The molecule has 0 bridgehead atoms. The number of rotatable bonds is 17. The first-order valence-electron chi connectivity index (χ1n) is 14.9. The molecule has 0 radical (unpaired) electrons. The van der Waals surface area contributed by atoms with Crippen molar-refractivity contribution < 1.29 is 19.2 Å². The van der Waals surface area contributed by atoms with Crippen LogP contribution in [0.2, 0.25) is 0 Å². The third kappa shape index (κ3) is 8.37. The lowest BCUT2D eigenvalue weighted by molar-refractivity contribution is -0.144. The van der Waals surface area contributed by atoms with Gasteiger partial charge < -0.3 is 38.5 Å². The molecule has 0 aromatic rings. The minimum absolute atomic E-state index is 0.0173. The number of piperazine rings is 2. The maximum absolute atomic E-state index is 13.9. The number of Topliss-reactive ketones (excluding diaryl/α,β-unsaturated/α-hetero) is 1. The highest BCUT2D eigenvalue weighted by Gasteiger charge is 2.60. The van der Waals surface area contributed by atoms with Crippen molar-refractivity contribution in [3.63, 3.8) is 0 Å². The summed E-state index contributed by atoms with van der Waals surface area (Å²) in [5.41, 5.74) is 15.5. The maximum atomic E-state index is 13.9. The zero-order valence-electron chi connectivity index (χ0n) is 23.9. The van der Waals surface area contributed by atoms with Crippen molar-refractivity contribution in [1.82, 2.24) is 26.2 Å². The average Bonchev–Trinajstić information content (AvgIpc) is 3.74. The van der Waals surface area contributed by atoms with Gasteiger partial charge in [-0.05, 0) is 51.5 Å². The molecule has 2 heterocycles. The number of nitrogens with two attached hydrogens (primary N) is 3. The van der Waals surface area contributed by atoms with Crippen LogP contribution in [0.3, 0.4) is 0 Å². The standard InChI is InChI=1S/C27H49N9O4/c1-2-3-9-18-24(39)34-19(16-33-18)22(37)27(11-12-27)36-17-20(23(38)31-14-7-5-4-6-13-28)35-25(40)21(36)10-8-15-32-26(29)30/h18-21,33H,2-17,28H2,1H3,(H,31,38)(H,34,39)(H,35,40)(H4,29,30,32)/t18-,19+,20+,21-/m0/s1. The minimum atomic E-state index is -0.894. The molecule has 226 valence electrons. The number of carbonyl (C=O) groups is 4. The van der Waals surface area contributed by atoms with E-state index in [0.29, 0.717) is 51.9 Å². The fraction of sp³-hybridized carbons (Fsp3) is 0.815. The number of hydrogen-bond donors (Lipinski definition) is 7. The van der Waals surface area contributed by atoms with Crippen molar-refractivity contribution in [2.45, 2.75) is 107 Å². The molecule has 0 aromatic heterocycles. The summed E-state index contributed by atoms with van der Waals surface area (Å²) in [4.78, 5) is 58.9. The number of aliphatic imine (C=N–C) groups is 1. The molecule has 13 nitrogen and oxygen atoms in total. The Morgan fingerprint density at radius 1 is 1.00 bits per heavy atom. The summed E-state index contributed by atoms with van der Waals surface area (Å²) in [5.74, 6) is -0.835. The summed E-state index contributed by atoms with van der Waals surface area (Å²) >= 11 is 0. The molecule has 40 heavy (non-hydrogen) atoms. The van der Waals surface area contributed by atoms with E-state index in [9.17, 15) is 19.2 Å². The normalized spacial score (nSPS) is 25.9. The van der Waals surface area contributed by atoms with E-state index in [1.165, 1.54) is 0 Å². The van der Waals surface area contributed by atoms with Gasteiger partial charge in [0.15, 0.2) is 11.7 Å². The molecule has 3 amide bonds. The minimum Gasteiger partial charge on any atom is -0.370 e. The van der Waals surface area contributed by atoms with Crippen LogP contribution in [0.1, 0.15) is 77.6 Å². The highest BCUT2D eigenvalue weighted by molar-refractivity contribution is 6.01. The van der Waals surface area contributed by atoms with E-state index in [1.807, 2.05) is 4.90 Å². The van der Waals surface area contributed by atoms with Gasteiger partial charge in [0, 0.05) is 26.2 Å². The zero-order valence-corrected chi connectivity index (χ0v) is 23.9. The summed E-state index contributed by atoms with van der Waals surface area (Å²) in [6.45, 7) is 4.17. The van der Waals surface area contributed by atoms with Crippen molar-refractivity contribution in [3.8, 4) is 0 Å². The van der Waals surface area contributed by atoms with Crippen molar-refractivity contribution in [2.75, 3.05) is 32.7 Å². The first-order chi connectivity index (χ1) is 19.2. The lowest BCUT2D eigenvalue weighted by Gasteiger charge is -2.44. The molecular formula is C27H49N9O4. The van der Waals surface area contributed by atoms with Gasteiger partial charge in [-0.2, -0.15) is 0 Å². The Morgan fingerprint density at radius 3 is 2.38 bits per heavy atom. The van der Waals surface area contributed by atoms with Gasteiger partial charge in [0.1, 0.15) is 12.1 Å². The molecule has 0 aromatic carbocycles. The number of hydrogen-bond acceptors (Lipinski definition) is 8. The second-order valence-electron chi connectivity index (χ2n) is 11.2. The molecule has 0 spiro atoms. The highest BCUT2D eigenvalue weighted by Crippen LogP contribution is 2.46. The summed E-state index contributed by atoms with van der Waals surface area (Å²) in [6, 6.07) is -2.36. The third-order valence-electron chi connectivity index (χ3n) is 8.15. The Morgan fingerprint density at radius 2 is 1.73 bits per heavy atom. The van der Waals surface area contributed by atoms with Crippen LogP contribution >= 0.6 is 0 Å². The smallest absolute Gasteiger partial charge is 0.243 e. The number of ketones is 1. The second-order valence-corrected chi connectivity index (χ2v) is 11.2. The largest absolute Gasteiger partial charge is 0.370 e. The molecule has 1 aliphatic carbocycles. The molecule has 3 fully saturated rings. The SMILES string of the molecule is CCCC[C@@H]1NC[C@H](C(=O)C2(N3C[C@H](C(=O)NCCCCCCN)NC(=O)[C@@H]3CCCN=C(N)N)CC2)NC1=O. The highest BCUT2D eigenvalue weighted by atomic mass is 16.2. The number of amides is 3. The fourth-order valence-corrected chi connectivity index (χ4v) is 5.73. The Bertz CT molecular complexity index is 920. The first kappa shape index (κ1) is 31.8. The molecule has 2 saturated heterocycles. The van der Waals surface area contributed by atoms with Gasteiger partial charge in [-0.1, -0.05) is 32.6 Å². The van der Waals surface area contributed by atoms with E-state index in [1.54, 1.807) is 0 Å². The van der Waals surface area contributed by atoms with Crippen LogP contribution in [-0.2, 0) is 19.2 Å². The monoisotopic (exact) mass is 563 g/mol. The molecule has 4 atom stereocenters. The molecule has 2 aliphatic heterocycles. The topological polar surface area (TPSA) is 210 Å². The van der Waals surface area contributed by atoms with Crippen LogP contribution < -0.4 is 38.5 Å². The molecule has 3 aliphatic rings. The van der Waals surface area contributed by atoms with Gasteiger partial charge >= 0.3 is 0 Å². The van der Waals surface area contributed by atoms with Crippen LogP contribution in [-0.4, -0.2) is 96.8 Å². The van der Waals surface area contributed by atoms with E-state index >= 15 is 0 Å². The van der Waals surface area contributed by atoms with E-state index in [0.717, 1.165) is 44.9 Å². The summed E-state index contributed by atoms with van der Waals surface area (Å²) in [5, 5.41) is 12.0.